The van der Waals surface area contributed by atoms with E-state index < -0.39 is 33.8 Å². The second kappa shape index (κ2) is 7.00. The maximum atomic E-state index is 13.4. The Kier molecular flexibility index (Phi) is 4.84. The fraction of sp³-hybridized carbons (Fsp3) is 0.0667. The number of anilines is 1. The highest BCUT2D eigenvalue weighted by Crippen LogP contribution is 2.29. The first-order valence-corrected chi connectivity index (χ1v) is 6.37. The van der Waals surface area contributed by atoms with E-state index in [2.05, 4.69) is 5.32 Å². The Labute approximate surface area is 130 Å². The summed E-state index contributed by atoms with van der Waals surface area (Å²) in [4.78, 5) is 21.9. The fourth-order valence-electron chi connectivity index (χ4n) is 1.85. The van der Waals surface area contributed by atoms with Gasteiger partial charge in [0.1, 0.15) is 29.7 Å². The van der Waals surface area contributed by atoms with Gasteiger partial charge in [-0.2, -0.15) is 5.26 Å². The molecule has 1 N–H and O–H groups in total. The normalized spacial score (nSPS) is 9.74. The Morgan fingerprint density at radius 2 is 2.04 bits per heavy atom. The van der Waals surface area contributed by atoms with Crippen molar-refractivity contribution in [1.82, 2.24) is 0 Å². The van der Waals surface area contributed by atoms with Gasteiger partial charge in [-0.3, -0.25) is 15.4 Å². The number of ether oxygens (including phenoxy) is 1. The van der Waals surface area contributed by atoms with Crippen LogP contribution in [-0.2, 0) is 11.3 Å². The monoisotopic (exact) mass is 315 g/mol. The molecule has 2 aromatic rings. The predicted octanol–water partition coefficient (Wildman–Crippen LogP) is 3.35. The van der Waals surface area contributed by atoms with E-state index in [4.69, 9.17) is 10.00 Å². The number of carbonyl (C=O) groups is 1. The second-order valence-corrected chi connectivity index (χ2v) is 4.41. The molecule has 0 aliphatic rings. The third kappa shape index (κ3) is 4.01. The molecule has 0 heterocycles. The molecule has 2 rings (SSSR count). The number of nitro benzene ring substituents is 1. The number of nitrogens with one attached hydrogen (secondary N) is 1. The first-order valence-electron chi connectivity index (χ1n) is 6.37. The number of benzene rings is 2. The molecular weight excluding hydrogens is 305 g/mol. The van der Waals surface area contributed by atoms with E-state index in [0.717, 1.165) is 12.1 Å². The Balaban J connectivity index is 2.16. The highest BCUT2D eigenvalue weighted by Gasteiger charge is 2.23. The molecule has 0 spiro atoms. The van der Waals surface area contributed by atoms with Gasteiger partial charge >= 0.3 is 11.8 Å². The number of amides is 1. The van der Waals surface area contributed by atoms with Crippen molar-refractivity contribution in [2.45, 2.75) is 6.61 Å². The summed E-state index contributed by atoms with van der Waals surface area (Å²) in [5.41, 5.74) is -0.905. The number of hydrogen-bond donors (Lipinski definition) is 1. The summed E-state index contributed by atoms with van der Waals surface area (Å²) in [5, 5.41) is 21.9. The standard InChI is InChI=1S/C15H10FN3O4/c16-12-6-11(8-17)14(19(21)22)13(7-12)18-15(20)23-9-10-4-2-1-3-5-10/h1-7H,9H2,(H,18,20). The minimum Gasteiger partial charge on any atom is -0.444 e. The van der Waals surface area contributed by atoms with Crippen LogP contribution in [0.25, 0.3) is 0 Å². The molecule has 8 heteroatoms. The summed E-state index contributed by atoms with van der Waals surface area (Å²) < 4.78 is 18.3. The van der Waals surface area contributed by atoms with Crippen LogP contribution >= 0.6 is 0 Å². The SMILES string of the molecule is N#Cc1cc(F)cc(NC(=O)OCc2ccccc2)c1[N+](=O)[O-]. The summed E-state index contributed by atoms with van der Waals surface area (Å²) in [7, 11) is 0. The zero-order valence-electron chi connectivity index (χ0n) is 11.7. The van der Waals surface area contributed by atoms with Crippen molar-refractivity contribution in [3.63, 3.8) is 0 Å². The van der Waals surface area contributed by atoms with Gasteiger partial charge in [-0.25, -0.2) is 9.18 Å². The van der Waals surface area contributed by atoms with Gasteiger partial charge in [0, 0.05) is 6.07 Å². The van der Waals surface area contributed by atoms with E-state index in [0.29, 0.717) is 5.56 Å². The average molecular weight is 315 g/mol. The van der Waals surface area contributed by atoms with Crippen molar-refractivity contribution in [1.29, 1.82) is 5.26 Å². The van der Waals surface area contributed by atoms with Crippen LogP contribution in [-0.4, -0.2) is 11.0 Å². The summed E-state index contributed by atoms with van der Waals surface area (Å²) in [6.07, 6.45) is -0.994. The lowest BCUT2D eigenvalue weighted by Gasteiger charge is -2.08. The van der Waals surface area contributed by atoms with Gasteiger partial charge in [0.05, 0.1) is 4.92 Å². The molecule has 116 valence electrons. The van der Waals surface area contributed by atoms with Crippen LogP contribution < -0.4 is 5.32 Å². The molecule has 23 heavy (non-hydrogen) atoms. The van der Waals surface area contributed by atoms with E-state index in [1.807, 2.05) is 0 Å². The predicted molar refractivity (Wildman–Crippen MR) is 78.0 cm³/mol. The number of halogens is 1. The molecule has 0 saturated carbocycles. The third-order valence-electron chi connectivity index (χ3n) is 2.83. The molecule has 0 aliphatic heterocycles. The van der Waals surface area contributed by atoms with Crippen molar-refractivity contribution in [2.24, 2.45) is 0 Å². The van der Waals surface area contributed by atoms with Crippen molar-refractivity contribution in [2.75, 3.05) is 5.32 Å². The molecule has 0 saturated heterocycles. The van der Waals surface area contributed by atoms with Crippen LogP contribution in [0.3, 0.4) is 0 Å². The molecule has 1 amide bonds. The molecule has 0 atom stereocenters. The Hall–Kier alpha value is -3.47. The third-order valence-corrected chi connectivity index (χ3v) is 2.83. The zero-order valence-corrected chi connectivity index (χ0v) is 11.7. The molecule has 0 radical (unpaired) electrons. The first-order chi connectivity index (χ1) is 11.0. The number of carbonyl (C=O) groups excluding carboxylic acids is 1. The quantitative estimate of drug-likeness (QED) is 0.688. The van der Waals surface area contributed by atoms with Crippen LogP contribution in [0.15, 0.2) is 42.5 Å². The summed E-state index contributed by atoms with van der Waals surface area (Å²) in [6.45, 7) is -0.0547. The molecule has 0 unspecified atom stereocenters. The fourth-order valence-corrected chi connectivity index (χ4v) is 1.85. The largest absolute Gasteiger partial charge is 0.444 e. The van der Waals surface area contributed by atoms with Crippen molar-refractivity contribution < 1.29 is 18.8 Å². The number of rotatable bonds is 4. The molecular formula is C15H10FN3O4. The highest BCUT2D eigenvalue weighted by molar-refractivity contribution is 5.89. The van der Waals surface area contributed by atoms with Crippen LogP contribution in [0.4, 0.5) is 20.6 Å². The average Bonchev–Trinajstić information content (AvgIpc) is 2.52. The lowest BCUT2D eigenvalue weighted by molar-refractivity contribution is -0.384. The maximum Gasteiger partial charge on any atom is 0.412 e. The van der Waals surface area contributed by atoms with Gasteiger partial charge in [0.25, 0.3) is 0 Å². The van der Waals surface area contributed by atoms with E-state index >= 15 is 0 Å². The van der Waals surface area contributed by atoms with Crippen molar-refractivity contribution in [3.05, 3.63) is 69.5 Å². The zero-order chi connectivity index (χ0) is 16.8. The van der Waals surface area contributed by atoms with E-state index in [1.165, 1.54) is 6.07 Å². The van der Waals surface area contributed by atoms with Gasteiger partial charge < -0.3 is 4.74 Å². The summed E-state index contributed by atoms with van der Waals surface area (Å²) in [5.74, 6) is -0.884. The Bertz CT molecular complexity index is 787. The van der Waals surface area contributed by atoms with E-state index in [1.54, 1.807) is 30.3 Å². The Morgan fingerprint density at radius 1 is 1.35 bits per heavy atom. The lowest BCUT2D eigenvalue weighted by Crippen LogP contribution is -2.15. The van der Waals surface area contributed by atoms with Gasteiger partial charge in [-0.05, 0) is 11.6 Å². The number of nitriles is 1. The molecule has 0 fully saturated rings. The van der Waals surface area contributed by atoms with E-state index in [-0.39, 0.29) is 6.61 Å². The molecule has 7 nitrogen and oxygen atoms in total. The topological polar surface area (TPSA) is 105 Å². The van der Waals surface area contributed by atoms with Gasteiger partial charge in [0.2, 0.25) is 0 Å². The summed E-state index contributed by atoms with van der Waals surface area (Å²) in [6, 6.07) is 11.8. The van der Waals surface area contributed by atoms with Gasteiger partial charge in [-0.1, -0.05) is 30.3 Å². The van der Waals surface area contributed by atoms with Gasteiger partial charge in [0.15, 0.2) is 0 Å². The number of nitrogens with zero attached hydrogens (tertiary/aromatic N) is 2. The highest BCUT2D eigenvalue weighted by atomic mass is 19.1. The van der Waals surface area contributed by atoms with Gasteiger partial charge in [-0.15, -0.1) is 0 Å². The van der Waals surface area contributed by atoms with Crippen LogP contribution in [0, 0.1) is 27.3 Å². The smallest absolute Gasteiger partial charge is 0.412 e. The van der Waals surface area contributed by atoms with E-state index in [9.17, 15) is 19.3 Å². The van der Waals surface area contributed by atoms with Crippen LogP contribution in [0.5, 0.6) is 0 Å². The molecule has 2 aromatic carbocycles. The Morgan fingerprint density at radius 3 is 2.65 bits per heavy atom. The number of nitro groups is 1. The lowest BCUT2D eigenvalue weighted by atomic mass is 10.1. The number of hydrogen-bond acceptors (Lipinski definition) is 5. The second-order valence-electron chi connectivity index (χ2n) is 4.41. The van der Waals surface area contributed by atoms with Crippen molar-refractivity contribution >= 4 is 17.5 Å². The molecule has 0 aromatic heterocycles. The van der Waals surface area contributed by atoms with Crippen molar-refractivity contribution in [3.8, 4) is 6.07 Å². The minimum atomic E-state index is -0.994. The van der Waals surface area contributed by atoms with Crippen LogP contribution in [0.1, 0.15) is 11.1 Å². The first kappa shape index (κ1) is 15.9. The maximum absolute atomic E-state index is 13.4. The molecule has 0 bridgehead atoms. The van der Waals surface area contributed by atoms with Crippen LogP contribution in [0.2, 0.25) is 0 Å². The summed E-state index contributed by atoms with van der Waals surface area (Å²) >= 11 is 0. The molecule has 0 aliphatic carbocycles. The minimum absolute atomic E-state index is 0.0547.